The average Bonchev–Trinajstić information content (AvgIpc) is 3.00. The molecule has 2 fully saturated rings. The highest BCUT2D eigenvalue weighted by Crippen LogP contribution is 2.19. The summed E-state index contributed by atoms with van der Waals surface area (Å²) in [6, 6.07) is 0.171. The molecule has 0 radical (unpaired) electrons. The van der Waals surface area contributed by atoms with Crippen LogP contribution in [-0.4, -0.2) is 71.5 Å². The van der Waals surface area contributed by atoms with Gasteiger partial charge in [0.1, 0.15) is 11.2 Å². The Kier molecular flexibility index (Phi) is 12.7. The molecule has 2 heterocycles. The summed E-state index contributed by atoms with van der Waals surface area (Å²) in [5.74, 6) is 0.727. The number of hydrogen-bond acceptors (Lipinski definition) is 6. The first kappa shape index (κ1) is 31.2. The Bertz CT molecular complexity index is 484. The number of carbonyl (C=O) groups excluding carboxylic acids is 2. The molecule has 10 heteroatoms. The molecule has 0 aromatic rings. The van der Waals surface area contributed by atoms with E-state index in [0.717, 1.165) is 0 Å². The first-order chi connectivity index (χ1) is 12.6. The van der Waals surface area contributed by atoms with E-state index < -0.39 is 11.2 Å². The second-order valence-corrected chi connectivity index (χ2v) is 10.1. The molecular weight excluding hydrogens is 431 g/mol. The van der Waals surface area contributed by atoms with E-state index in [9.17, 15) is 9.59 Å². The number of carbonyl (C=O) groups is 2. The van der Waals surface area contributed by atoms with Crippen LogP contribution in [0.1, 0.15) is 55.4 Å². The highest BCUT2D eigenvalue weighted by atomic mass is 35.5. The number of hydrogen-bond donors (Lipinski definition) is 2. The molecule has 2 aliphatic rings. The molecule has 30 heavy (non-hydrogen) atoms. The van der Waals surface area contributed by atoms with E-state index in [0.29, 0.717) is 38.0 Å². The normalized spacial score (nSPS) is 26.1. The van der Waals surface area contributed by atoms with E-state index in [2.05, 4.69) is 13.8 Å². The molecule has 0 bridgehead atoms. The quantitative estimate of drug-likeness (QED) is 0.559. The van der Waals surface area contributed by atoms with E-state index in [-0.39, 0.29) is 49.1 Å². The summed E-state index contributed by atoms with van der Waals surface area (Å²) in [5.41, 5.74) is 10.8. The smallest absolute Gasteiger partial charge is 0.410 e. The van der Waals surface area contributed by atoms with Crippen molar-refractivity contribution in [2.24, 2.45) is 23.3 Å². The lowest BCUT2D eigenvalue weighted by atomic mass is 10.1. The third kappa shape index (κ3) is 10.9. The SMILES string of the molecule is C[C@@H]1CN(C(=O)OC(C)(C)C)C[C@H]1N.C[C@H]1CN(C(=O)OC(C)(C)C)C[C@@H]1N.Cl.Cl. The maximum absolute atomic E-state index is 11.6. The number of nitrogens with two attached hydrogens (primary N) is 2. The van der Waals surface area contributed by atoms with Crippen LogP contribution in [0.25, 0.3) is 0 Å². The van der Waals surface area contributed by atoms with Crippen molar-refractivity contribution in [3.05, 3.63) is 0 Å². The fraction of sp³-hybridized carbons (Fsp3) is 0.900. The number of ether oxygens (including phenoxy) is 2. The molecule has 180 valence electrons. The maximum atomic E-state index is 11.6. The Morgan fingerprint density at radius 3 is 1.13 bits per heavy atom. The first-order valence-corrected chi connectivity index (χ1v) is 10.1. The van der Waals surface area contributed by atoms with Crippen molar-refractivity contribution in [1.29, 1.82) is 0 Å². The molecule has 0 aromatic carbocycles. The zero-order chi connectivity index (χ0) is 21.9. The predicted octanol–water partition coefficient (Wildman–Crippen LogP) is 3.24. The van der Waals surface area contributed by atoms with E-state index in [4.69, 9.17) is 20.9 Å². The van der Waals surface area contributed by atoms with Gasteiger partial charge in [-0.05, 0) is 53.4 Å². The number of amides is 2. The van der Waals surface area contributed by atoms with Gasteiger partial charge < -0.3 is 30.7 Å². The zero-order valence-corrected chi connectivity index (χ0v) is 21.3. The summed E-state index contributed by atoms with van der Waals surface area (Å²) in [6.07, 6.45) is -0.505. The summed E-state index contributed by atoms with van der Waals surface area (Å²) in [6.45, 7) is 17.9. The van der Waals surface area contributed by atoms with Crippen LogP contribution >= 0.6 is 24.8 Å². The van der Waals surface area contributed by atoms with Crippen molar-refractivity contribution in [2.75, 3.05) is 26.2 Å². The van der Waals surface area contributed by atoms with Gasteiger partial charge in [-0.1, -0.05) is 13.8 Å². The number of likely N-dealkylation sites (tertiary alicyclic amines) is 2. The summed E-state index contributed by atoms with van der Waals surface area (Å²) in [4.78, 5) is 26.6. The van der Waals surface area contributed by atoms with Gasteiger partial charge in [0.2, 0.25) is 0 Å². The molecule has 0 aromatic heterocycles. The van der Waals surface area contributed by atoms with Gasteiger partial charge in [0, 0.05) is 38.3 Å². The fourth-order valence-corrected chi connectivity index (χ4v) is 2.94. The standard InChI is InChI=1S/2C10H20N2O2.2ClH/c2*1-7-5-12(6-8(7)11)9(13)14-10(2,3)4;;/h2*7-8H,5-6,11H2,1-4H3;2*1H/t2*7-,8-;;/m10../s1. The van der Waals surface area contributed by atoms with Crippen molar-refractivity contribution in [1.82, 2.24) is 9.80 Å². The van der Waals surface area contributed by atoms with Gasteiger partial charge in [0.15, 0.2) is 0 Å². The Balaban J connectivity index is 0. The topological polar surface area (TPSA) is 111 Å². The van der Waals surface area contributed by atoms with Crippen molar-refractivity contribution < 1.29 is 19.1 Å². The van der Waals surface area contributed by atoms with Crippen LogP contribution < -0.4 is 11.5 Å². The van der Waals surface area contributed by atoms with Gasteiger partial charge in [-0.2, -0.15) is 0 Å². The minimum absolute atomic E-state index is 0. The van der Waals surface area contributed by atoms with E-state index in [1.807, 2.05) is 41.5 Å². The largest absolute Gasteiger partial charge is 0.444 e. The molecule has 0 unspecified atom stereocenters. The highest BCUT2D eigenvalue weighted by molar-refractivity contribution is 5.85. The van der Waals surface area contributed by atoms with E-state index in [1.165, 1.54) is 0 Å². The van der Waals surface area contributed by atoms with Crippen LogP contribution in [0.15, 0.2) is 0 Å². The van der Waals surface area contributed by atoms with Crippen LogP contribution in [0.4, 0.5) is 9.59 Å². The monoisotopic (exact) mass is 472 g/mol. The molecule has 2 aliphatic heterocycles. The lowest BCUT2D eigenvalue weighted by Crippen LogP contribution is -2.36. The van der Waals surface area contributed by atoms with Crippen molar-refractivity contribution in [3.63, 3.8) is 0 Å². The van der Waals surface area contributed by atoms with Crippen LogP contribution in [0.5, 0.6) is 0 Å². The summed E-state index contributed by atoms with van der Waals surface area (Å²) in [7, 11) is 0. The molecule has 0 saturated carbocycles. The molecule has 4 N–H and O–H groups in total. The molecule has 2 rings (SSSR count). The van der Waals surface area contributed by atoms with Crippen molar-refractivity contribution in [2.45, 2.75) is 78.7 Å². The van der Waals surface area contributed by atoms with E-state index >= 15 is 0 Å². The van der Waals surface area contributed by atoms with Crippen LogP contribution in [0.3, 0.4) is 0 Å². The van der Waals surface area contributed by atoms with Crippen LogP contribution in [-0.2, 0) is 9.47 Å². The molecule has 0 aliphatic carbocycles. The lowest BCUT2D eigenvalue weighted by Gasteiger charge is -2.24. The van der Waals surface area contributed by atoms with Gasteiger partial charge in [-0.15, -0.1) is 24.8 Å². The third-order valence-electron chi connectivity index (χ3n) is 4.64. The lowest BCUT2D eigenvalue weighted by molar-refractivity contribution is 0.0277. The highest BCUT2D eigenvalue weighted by Gasteiger charge is 2.33. The predicted molar refractivity (Wildman–Crippen MR) is 124 cm³/mol. The molecule has 8 nitrogen and oxygen atoms in total. The van der Waals surface area contributed by atoms with Gasteiger partial charge in [-0.25, -0.2) is 9.59 Å². The number of rotatable bonds is 0. The van der Waals surface area contributed by atoms with Crippen LogP contribution in [0, 0.1) is 11.8 Å². The summed E-state index contributed by atoms with van der Waals surface area (Å²) in [5, 5.41) is 0. The number of halogens is 2. The third-order valence-corrected chi connectivity index (χ3v) is 4.64. The molecule has 0 spiro atoms. The molecule has 4 atom stereocenters. The molecule has 2 amide bonds. The van der Waals surface area contributed by atoms with Crippen molar-refractivity contribution in [3.8, 4) is 0 Å². The maximum Gasteiger partial charge on any atom is 0.410 e. The van der Waals surface area contributed by atoms with Gasteiger partial charge in [0.25, 0.3) is 0 Å². The zero-order valence-electron chi connectivity index (χ0n) is 19.6. The first-order valence-electron chi connectivity index (χ1n) is 10.1. The van der Waals surface area contributed by atoms with E-state index in [1.54, 1.807) is 9.80 Å². The Labute approximate surface area is 194 Å². The van der Waals surface area contributed by atoms with Crippen LogP contribution in [0.2, 0.25) is 0 Å². The van der Waals surface area contributed by atoms with Gasteiger partial charge in [0.05, 0.1) is 0 Å². The van der Waals surface area contributed by atoms with Gasteiger partial charge in [-0.3, -0.25) is 0 Å². The second kappa shape index (κ2) is 12.2. The van der Waals surface area contributed by atoms with Crippen molar-refractivity contribution >= 4 is 37.0 Å². The summed E-state index contributed by atoms with van der Waals surface area (Å²) >= 11 is 0. The number of nitrogens with zero attached hydrogens (tertiary/aromatic N) is 2. The van der Waals surface area contributed by atoms with Gasteiger partial charge >= 0.3 is 12.2 Å². The minimum atomic E-state index is -0.424. The average molecular weight is 473 g/mol. The molecule has 2 saturated heterocycles. The fourth-order valence-electron chi connectivity index (χ4n) is 2.94. The minimum Gasteiger partial charge on any atom is -0.444 e. The Morgan fingerprint density at radius 1 is 0.700 bits per heavy atom. The summed E-state index contributed by atoms with van der Waals surface area (Å²) < 4.78 is 10.5. The Morgan fingerprint density at radius 2 is 0.967 bits per heavy atom. The Hall–Kier alpha value is -0.960. The molecular formula is C20H42Cl2N4O4. The second-order valence-electron chi connectivity index (χ2n) is 10.1.